The molecule has 3 nitrogen and oxygen atoms in total. The van der Waals surface area contributed by atoms with Gasteiger partial charge >= 0.3 is 5.97 Å². The Balaban J connectivity index is 2.59. The van der Waals surface area contributed by atoms with Crippen LogP contribution in [0.4, 0.5) is 0 Å². The number of hydrogen-bond donors (Lipinski definition) is 2. The van der Waals surface area contributed by atoms with Gasteiger partial charge in [0, 0.05) is 0 Å². The molecule has 98 valence electrons. The summed E-state index contributed by atoms with van der Waals surface area (Å²) in [4.78, 5) is 11.5. The predicted octanol–water partition coefficient (Wildman–Crippen LogP) is 2.71. The predicted molar refractivity (Wildman–Crippen MR) is 69.3 cm³/mol. The second kappa shape index (κ2) is 4.39. The highest BCUT2D eigenvalue weighted by Crippen LogP contribution is 2.46. The van der Waals surface area contributed by atoms with Gasteiger partial charge in [0.25, 0.3) is 0 Å². The van der Waals surface area contributed by atoms with Crippen LogP contribution in [0.2, 0.25) is 0 Å². The van der Waals surface area contributed by atoms with Gasteiger partial charge in [0.05, 0.1) is 5.41 Å². The van der Waals surface area contributed by atoms with E-state index in [2.05, 4.69) is 0 Å². The van der Waals surface area contributed by atoms with E-state index < -0.39 is 17.0 Å². The molecule has 0 aromatic heterocycles. The molecular weight excluding hydrogens is 228 g/mol. The van der Waals surface area contributed by atoms with Crippen LogP contribution in [-0.2, 0) is 16.8 Å². The molecule has 1 aliphatic rings. The Kier molecular flexibility index (Phi) is 3.20. The van der Waals surface area contributed by atoms with E-state index in [1.807, 2.05) is 24.3 Å². The number of rotatable bonds is 2. The molecule has 2 N–H and O–H groups in total. The fourth-order valence-electron chi connectivity index (χ4n) is 2.80. The normalized spacial score (nSPS) is 24.2. The lowest BCUT2D eigenvalue weighted by Crippen LogP contribution is -2.47. The molecule has 0 heterocycles. The average molecular weight is 248 g/mol. The smallest absolute Gasteiger partial charge is 0.312 e. The van der Waals surface area contributed by atoms with Gasteiger partial charge in [-0.1, -0.05) is 24.3 Å². The van der Waals surface area contributed by atoms with Crippen molar-refractivity contribution in [2.75, 3.05) is 0 Å². The van der Waals surface area contributed by atoms with Crippen molar-refractivity contribution in [3.8, 4) is 0 Å². The van der Waals surface area contributed by atoms with Gasteiger partial charge in [-0.15, -0.1) is 0 Å². The van der Waals surface area contributed by atoms with Crippen molar-refractivity contribution in [3.05, 3.63) is 35.4 Å². The van der Waals surface area contributed by atoms with Crippen LogP contribution in [0.25, 0.3) is 0 Å². The molecule has 1 aromatic rings. The lowest BCUT2D eigenvalue weighted by Gasteiger charge is -2.40. The zero-order valence-corrected chi connectivity index (χ0v) is 10.9. The summed E-state index contributed by atoms with van der Waals surface area (Å²) >= 11 is 0. The largest absolute Gasteiger partial charge is 0.481 e. The van der Waals surface area contributed by atoms with E-state index in [9.17, 15) is 15.0 Å². The number of aryl methyl sites for hydroxylation is 1. The minimum Gasteiger partial charge on any atom is -0.481 e. The molecular formula is C15H20O3. The number of aliphatic carboxylic acids is 1. The van der Waals surface area contributed by atoms with Crippen LogP contribution in [0.15, 0.2) is 24.3 Å². The molecule has 0 radical (unpaired) electrons. The molecule has 0 saturated carbocycles. The standard InChI is InChI=1S/C15H20O3/c1-14(2,13(16)17)15(18)10-6-5-8-11-7-3-4-9-12(11)15/h3-4,7,9,18H,5-6,8,10H2,1-2H3,(H,16,17). The first-order valence-electron chi connectivity index (χ1n) is 6.44. The van der Waals surface area contributed by atoms with E-state index in [-0.39, 0.29) is 0 Å². The first-order chi connectivity index (χ1) is 8.39. The summed E-state index contributed by atoms with van der Waals surface area (Å²) in [5.74, 6) is -0.957. The maximum atomic E-state index is 11.5. The van der Waals surface area contributed by atoms with Gasteiger partial charge in [0.15, 0.2) is 0 Å². The number of carboxylic acids is 1. The minimum absolute atomic E-state index is 0.503. The van der Waals surface area contributed by atoms with Gasteiger partial charge in [-0.05, 0) is 50.7 Å². The first kappa shape index (κ1) is 13.1. The van der Waals surface area contributed by atoms with Crippen molar-refractivity contribution in [2.24, 2.45) is 5.41 Å². The van der Waals surface area contributed by atoms with Crippen LogP contribution >= 0.6 is 0 Å². The monoisotopic (exact) mass is 248 g/mol. The van der Waals surface area contributed by atoms with Crippen LogP contribution in [0.5, 0.6) is 0 Å². The average Bonchev–Trinajstić information content (AvgIpc) is 2.50. The van der Waals surface area contributed by atoms with Crippen LogP contribution in [0.3, 0.4) is 0 Å². The topological polar surface area (TPSA) is 57.5 Å². The lowest BCUT2D eigenvalue weighted by molar-refractivity contribution is -0.167. The summed E-state index contributed by atoms with van der Waals surface area (Å²) < 4.78 is 0. The Bertz CT molecular complexity index is 465. The summed E-state index contributed by atoms with van der Waals surface area (Å²) in [5, 5.41) is 20.4. The van der Waals surface area contributed by atoms with Gasteiger partial charge in [0.1, 0.15) is 5.60 Å². The van der Waals surface area contributed by atoms with Gasteiger partial charge < -0.3 is 10.2 Å². The third kappa shape index (κ3) is 1.83. The molecule has 0 fully saturated rings. The van der Waals surface area contributed by atoms with Crippen molar-refractivity contribution in [1.29, 1.82) is 0 Å². The minimum atomic E-state index is -1.29. The number of aliphatic hydroxyl groups is 1. The highest BCUT2D eigenvalue weighted by molar-refractivity contribution is 5.76. The van der Waals surface area contributed by atoms with E-state index in [1.165, 1.54) is 0 Å². The molecule has 0 aliphatic heterocycles. The molecule has 1 atom stereocenters. The molecule has 2 rings (SSSR count). The molecule has 18 heavy (non-hydrogen) atoms. The molecule has 0 amide bonds. The Morgan fingerprint density at radius 2 is 1.94 bits per heavy atom. The summed E-state index contributed by atoms with van der Waals surface area (Å²) in [5.41, 5.74) is -0.610. The first-order valence-corrected chi connectivity index (χ1v) is 6.44. The van der Waals surface area contributed by atoms with Crippen LogP contribution in [-0.4, -0.2) is 16.2 Å². The van der Waals surface area contributed by atoms with E-state index in [1.54, 1.807) is 13.8 Å². The molecule has 3 heteroatoms. The summed E-state index contributed by atoms with van der Waals surface area (Å²) in [6.45, 7) is 3.22. The van der Waals surface area contributed by atoms with E-state index in [4.69, 9.17) is 0 Å². The molecule has 1 aromatic carbocycles. The number of hydrogen-bond acceptors (Lipinski definition) is 2. The molecule has 1 unspecified atom stereocenters. The third-order valence-corrected chi connectivity index (χ3v) is 4.27. The van der Waals surface area contributed by atoms with Gasteiger partial charge in [0.2, 0.25) is 0 Å². The van der Waals surface area contributed by atoms with Crippen LogP contribution in [0, 0.1) is 5.41 Å². The Labute approximate surface area is 107 Å². The highest BCUT2D eigenvalue weighted by atomic mass is 16.4. The van der Waals surface area contributed by atoms with Crippen molar-refractivity contribution in [2.45, 2.75) is 45.1 Å². The second-order valence-electron chi connectivity index (χ2n) is 5.65. The Morgan fingerprint density at radius 3 is 2.61 bits per heavy atom. The Morgan fingerprint density at radius 1 is 1.28 bits per heavy atom. The third-order valence-electron chi connectivity index (χ3n) is 4.27. The molecule has 0 spiro atoms. The molecule has 0 bridgehead atoms. The van der Waals surface area contributed by atoms with Crippen LogP contribution in [0.1, 0.15) is 44.2 Å². The van der Waals surface area contributed by atoms with E-state index >= 15 is 0 Å². The van der Waals surface area contributed by atoms with Crippen LogP contribution < -0.4 is 0 Å². The molecule has 1 aliphatic carbocycles. The highest BCUT2D eigenvalue weighted by Gasteiger charge is 2.51. The number of carbonyl (C=O) groups is 1. The second-order valence-corrected chi connectivity index (χ2v) is 5.65. The van der Waals surface area contributed by atoms with E-state index in [0.717, 1.165) is 30.4 Å². The van der Waals surface area contributed by atoms with E-state index in [0.29, 0.717) is 6.42 Å². The van der Waals surface area contributed by atoms with Gasteiger partial charge in [-0.3, -0.25) is 4.79 Å². The fraction of sp³-hybridized carbons (Fsp3) is 0.533. The summed E-state index contributed by atoms with van der Waals surface area (Å²) in [6, 6.07) is 7.67. The number of benzene rings is 1. The maximum Gasteiger partial charge on any atom is 0.312 e. The van der Waals surface area contributed by atoms with Gasteiger partial charge in [-0.2, -0.15) is 0 Å². The Hall–Kier alpha value is -1.35. The quantitative estimate of drug-likeness (QED) is 0.791. The van der Waals surface area contributed by atoms with Crippen molar-refractivity contribution in [3.63, 3.8) is 0 Å². The summed E-state index contributed by atoms with van der Waals surface area (Å²) in [7, 11) is 0. The zero-order valence-electron chi connectivity index (χ0n) is 10.9. The van der Waals surface area contributed by atoms with Gasteiger partial charge in [-0.25, -0.2) is 0 Å². The number of carboxylic acid groups (broad SMARTS) is 1. The lowest BCUT2D eigenvalue weighted by atomic mass is 9.68. The fourth-order valence-corrected chi connectivity index (χ4v) is 2.80. The number of fused-ring (bicyclic) bond motifs is 1. The molecule has 0 saturated heterocycles. The van der Waals surface area contributed by atoms with Crippen molar-refractivity contribution in [1.82, 2.24) is 0 Å². The zero-order chi connectivity index (χ0) is 13.4. The maximum absolute atomic E-state index is 11.5. The summed E-state index contributed by atoms with van der Waals surface area (Å²) in [6.07, 6.45) is 3.26. The SMILES string of the molecule is CC(C)(C(=O)O)C1(O)CCCCc2ccccc21. The van der Waals surface area contributed by atoms with Crippen molar-refractivity contribution >= 4 is 5.97 Å². The van der Waals surface area contributed by atoms with Crippen molar-refractivity contribution < 1.29 is 15.0 Å².